The van der Waals surface area contributed by atoms with Crippen LogP contribution >= 0.6 is 11.3 Å². The van der Waals surface area contributed by atoms with E-state index < -0.39 is 11.7 Å². The van der Waals surface area contributed by atoms with Gasteiger partial charge in [0.15, 0.2) is 0 Å². The lowest BCUT2D eigenvalue weighted by Crippen LogP contribution is -2.20. The molecule has 0 spiro atoms. The highest BCUT2D eigenvalue weighted by Crippen LogP contribution is 2.37. The van der Waals surface area contributed by atoms with Crippen LogP contribution in [0.2, 0.25) is 0 Å². The maximum absolute atomic E-state index is 12.7. The topological polar surface area (TPSA) is 21.3 Å². The fourth-order valence-corrected chi connectivity index (χ4v) is 2.61. The van der Waals surface area contributed by atoms with Gasteiger partial charge in [0.05, 0.1) is 5.56 Å². The molecule has 0 aliphatic heterocycles. The molecule has 0 aliphatic rings. The van der Waals surface area contributed by atoms with Crippen LogP contribution in [0.15, 0.2) is 10.8 Å². The van der Waals surface area contributed by atoms with Gasteiger partial charge < -0.3 is 10.1 Å². The molecule has 1 unspecified atom stereocenters. The average Bonchev–Trinajstić information content (AvgIpc) is 2.73. The number of hydrogen-bond donors (Lipinski definition) is 1. The fourth-order valence-electron chi connectivity index (χ4n) is 1.69. The van der Waals surface area contributed by atoms with Crippen LogP contribution in [0.1, 0.15) is 30.0 Å². The maximum atomic E-state index is 12.7. The molecule has 17 heavy (non-hydrogen) atoms. The Morgan fingerprint density at radius 1 is 1.41 bits per heavy atom. The summed E-state index contributed by atoms with van der Waals surface area (Å²) in [6, 6.07) is -0.270. The summed E-state index contributed by atoms with van der Waals surface area (Å²) in [4.78, 5) is 0. The normalized spacial score (nSPS) is 13.9. The second kappa shape index (κ2) is 6.37. The lowest BCUT2D eigenvalue weighted by Gasteiger charge is -2.18. The average molecular weight is 267 g/mol. The third-order valence-corrected chi connectivity index (χ3v) is 3.32. The number of hydrogen-bond acceptors (Lipinski definition) is 3. The van der Waals surface area contributed by atoms with Crippen molar-refractivity contribution in [2.75, 3.05) is 20.8 Å². The Kier molecular flexibility index (Phi) is 5.42. The third-order valence-electron chi connectivity index (χ3n) is 2.56. The van der Waals surface area contributed by atoms with Gasteiger partial charge in [0.25, 0.3) is 0 Å². The predicted molar refractivity (Wildman–Crippen MR) is 62.2 cm³/mol. The number of halogens is 3. The molecule has 0 saturated carbocycles. The molecule has 1 aromatic heterocycles. The maximum Gasteiger partial charge on any atom is 0.417 e. The van der Waals surface area contributed by atoms with Crippen LogP contribution in [0, 0.1) is 0 Å². The van der Waals surface area contributed by atoms with Gasteiger partial charge in [0.1, 0.15) is 0 Å². The number of ether oxygens (including phenoxy) is 1. The molecule has 0 bridgehead atoms. The summed E-state index contributed by atoms with van der Waals surface area (Å²) in [6.45, 7) is 0.559. The summed E-state index contributed by atoms with van der Waals surface area (Å²) < 4.78 is 43.1. The van der Waals surface area contributed by atoms with Crippen LogP contribution in [0.3, 0.4) is 0 Å². The van der Waals surface area contributed by atoms with E-state index >= 15 is 0 Å². The van der Waals surface area contributed by atoms with E-state index in [-0.39, 0.29) is 6.04 Å². The summed E-state index contributed by atoms with van der Waals surface area (Å²) in [7, 11) is 3.26. The van der Waals surface area contributed by atoms with E-state index in [1.54, 1.807) is 19.5 Å². The van der Waals surface area contributed by atoms with Crippen molar-refractivity contribution in [3.8, 4) is 0 Å². The lowest BCUT2D eigenvalue weighted by molar-refractivity contribution is -0.138. The van der Waals surface area contributed by atoms with E-state index in [4.69, 9.17) is 4.74 Å². The van der Waals surface area contributed by atoms with Gasteiger partial charge in [0.2, 0.25) is 0 Å². The number of nitrogens with one attached hydrogen (secondary N) is 1. The standard InChI is InChI=1S/C11H16F3NOS/c1-15-10(4-3-5-16-2)8-6-17-7-9(8)11(12,13)14/h6-7,10,15H,3-5H2,1-2H3. The summed E-state index contributed by atoms with van der Waals surface area (Å²) in [5.74, 6) is 0. The monoisotopic (exact) mass is 267 g/mol. The molecule has 1 rings (SSSR count). The quantitative estimate of drug-likeness (QED) is 0.797. The molecule has 2 nitrogen and oxygen atoms in total. The molecule has 0 fully saturated rings. The second-order valence-electron chi connectivity index (χ2n) is 3.71. The minimum Gasteiger partial charge on any atom is -0.385 e. The first-order chi connectivity index (χ1) is 8.00. The molecular formula is C11H16F3NOS. The van der Waals surface area contributed by atoms with E-state index in [0.29, 0.717) is 18.6 Å². The highest BCUT2D eigenvalue weighted by molar-refractivity contribution is 7.08. The Balaban J connectivity index is 2.78. The Morgan fingerprint density at radius 3 is 2.65 bits per heavy atom. The third kappa shape index (κ3) is 3.97. The summed E-state index contributed by atoms with van der Waals surface area (Å²) in [6.07, 6.45) is -2.91. The minimum absolute atomic E-state index is 0.270. The molecule has 1 heterocycles. The van der Waals surface area contributed by atoms with E-state index in [1.807, 2.05) is 0 Å². The molecule has 1 atom stereocenters. The zero-order chi connectivity index (χ0) is 12.9. The predicted octanol–water partition coefficient (Wildman–Crippen LogP) is 3.45. The molecule has 0 aliphatic carbocycles. The van der Waals surface area contributed by atoms with Gasteiger partial charge in [-0.3, -0.25) is 0 Å². The summed E-state index contributed by atoms with van der Waals surface area (Å²) in [5.41, 5.74) is -0.194. The molecule has 0 radical (unpaired) electrons. The summed E-state index contributed by atoms with van der Waals surface area (Å²) >= 11 is 1.08. The van der Waals surface area contributed by atoms with Crippen LogP contribution < -0.4 is 5.32 Å². The van der Waals surface area contributed by atoms with Crippen molar-refractivity contribution in [1.82, 2.24) is 5.32 Å². The Hall–Kier alpha value is -0.590. The number of alkyl halides is 3. The second-order valence-corrected chi connectivity index (χ2v) is 4.46. The molecular weight excluding hydrogens is 251 g/mol. The van der Waals surface area contributed by atoms with E-state index in [9.17, 15) is 13.2 Å². The largest absolute Gasteiger partial charge is 0.417 e. The lowest BCUT2D eigenvalue weighted by atomic mass is 10.0. The van der Waals surface area contributed by atoms with Crippen molar-refractivity contribution in [3.05, 3.63) is 21.9 Å². The van der Waals surface area contributed by atoms with Crippen molar-refractivity contribution in [1.29, 1.82) is 0 Å². The van der Waals surface area contributed by atoms with Crippen LogP contribution in [0.5, 0.6) is 0 Å². The first-order valence-corrected chi connectivity index (χ1v) is 6.24. The van der Waals surface area contributed by atoms with Crippen molar-refractivity contribution in [2.24, 2.45) is 0 Å². The minimum atomic E-state index is -4.27. The molecule has 6 heteroatoms. The molecule has 0 aromatic carbocycles. The zero-order valence-corrected chi connectivity index (χ0v) is 10.6. The van der Waals surface area contributed by atoms with E-state index in [2.05, 4.69) is 5.32 Å². The number of rotatable bonds is 6. The van der Waals surface area contributed by atoms with Crippen molar-refractivity contribution in [2.45, 2.75) is 25.1 Å². The Labute approximate surface area is 103 Å². The highest BCUT2D eigenvalue weighted by Gasteiger charge is 2.35. The fraction of sp³-hybridized carbons (Fsp3) is 0.636. The molecule has 0 amide bonds. The first-order valence-electron chi connectivity index (χ1n) is 5.30. The zero-order valence-electron chi connectivity index (χ0n) is 9.80. The van der Waals surface area contributed by atoms with Crippen molar-refractivity contribution < 1.29 is 17.9 Å². The van der Waals surface area contributed by atoms with Crippen molar-refractivity contribution >= 4 is 11.3 Å². The van der Waals surface area contributed by atoms with Crippen LogP contribution in [-0.2, 0) is 10.9 Å². The first kappa shape index (κ1) is 14.5. The highest BCUT2D eigenvalue weighted by atomic mass is 32.1. The smallest absolute Gasteiger partial charge is 0.385 e. The van der Waals surface area contributed by atoms with Crippen LogP contribution in [-0.4, -0.2) is 20.8 Å². The molecule has 1 aromatic rings. The number of thiophene rings is 1. The van der Waals surface area contributed by atoms with E-state index in [1.165, 1.54) is 0 Å². The van der Waals surface area contributed by atoms with Crippen LogP contribution in [0.4, 0.5) is 13.2 Å². The van der Waals surface area contributed by atoms with Gasteiger partial charge in [-0.1, -0.05) is 0 Å². The SMILES string of the molecule is CNC(CCCOC)c1cscc1C(F)(F)F. The van der Waals surface area contributed by atoms with E-state index in [0.717, 1.165) is 23.1 Å². The summed E-state index contributed by atoms with van der Waals surface area (Å²) in [5, 5.41) is 5.66. The van der Waals surface area contributed by atoms with Crippen molar-refractivity contribution in [3.63, 3.8) is 0 Å². The molecule has 0 saturated heterocycles. The van der Waals surface area contributed by atoms with Gasteiger partial charge in [-0.25, -0.2) is 0 Å². The van der Waals surface area contributed by atoms with Gasteiger partial charge in [-0.05, 0) is 30.8 Å². The van der Waals surface area contributed by atoms with Gasteiger partial charge in [0, 0.05) is 25.1 Å². The van der Waals surface area contributed by atoms with Gasteiger partial charge in [-0.15, -0.1) is 0 Å². The van der Waals surface area contributed by atoms with Gasteiger partial charge >= 0.3 is 6.18 Å². The number of methoxy groups -OCH3 is 1. The Bertz CT molecular complexity index is 338. The van der Waals surface area contributed by atoms with Crippen LogP contribution in [0.25, 0.3) is 0 Å². The Morgan fingerprint density at radius 2 is 2.12 bits per heavy atom. The molecule has 1 N–H and O–H groups in total. The van der Waals surface area contributed by atoms with Gasteiger partial charge in [-0.2, -0.15) is 24.5 Å². The molecule has 98 valence electrons.